The van der Waals surface area contributed by atoms with Gasteiger partial charge in [0.2, 0.25) is 0 Å². The van der Waals surface area contributed by atoms with E-state index in [2.05, 4.69) is 6.07 Å². The van der Waals surface area contributed by atoms with Gasteiger partial charge in [-0.15, -0.1) is 0 Å². The molecular weight excluding hydrogens is 310 g/mol. The number of ether oxygens (including phenoxy) is 2. The third-order valence-corrected chi connectivity index (χ3v) is 3.79. The minimum Gasteiger partial charge on any atom is -0.485 e. The van der Waals surface area contributed by atoms with Crippen molar-refractivity contribution in [3.63, 3.8) is 0 Å². The SMILES string of the molecule is N#CCc1cccc(OCc2ccccc2)c1OCc1ccccc1. The molecule has 0 aliphatic carbocycles. The topological polar surface area (TPSA) is 42.2 Å². The first-order valence-corrected chi connectivity index (χ1v) is 8.19. The van der Waals surface area contributed by atoms with Crippen LogP contribution in [0, 0.1) is 11.3 Å². The average Bonchev–Trinajstić information content (AvgIpc) is 2.67. The lowest BCUT2D eigenvalue weighted by Crippen LogP contribution is -2.03. The molecule has 0 saturated heterocycles. The number of hydrogen-bond acceptors (Lipinski definition) is 3. The summed E-state index contributed by atoms with van der Waals surface area (Å²) in [4.78, 5) is 0. The highest BCUT2D eigenvalue weighted by molar-refractivity contribution is 5.48. The van der Waals surface area contributed by atoms with E-state index in [4.69, 9.17) is 14.7 Å². The fourth-order valence-corrected chi connectivity index (χ4v) is 2.53. The molecule has 0 fully saturated rings. The van der Waals surface area contributed by atoms with Crippen molar-refractivity contribution < 1.29 is 9.47 Å². The van der Waals surface area contributed by atoms with E-state index in [1.54, 1.807) is 0 Å². The van der Waals surface area contributed by atoms with Crippen LogP contribution in [0.3, 0.4) is 0 Å². The van der Waals surface area contributed by atoms with Gasteiger partial charge in [0.25, 0.3) is 0 Å². The van der Waals surface area contributed by atoms with Crippen molar-refractivity contribution in [3.8, 4) is 17.6 Å². The zero-order valence-electron chi connectivity index (χ0n) is 13.9. The third-order valence-electron chi connectivity index (χ3n) is 3.79. The minimum atomic E-state index is 0.284. The normalized spacial score (nSPS) is 10.0. The molecule has 0 amide bonds. The van der Waals surface area contributed by atoms with E-state index in [1.165, 1.54) is 0 Å². The highest BCUT2D eigenvalue weighted by Gasteiger charge is 2.12. The Morgan fingerprint density at radius 2 is 1.28 bits per heavy atom. The van der Waals surface area contributed by atoms with Crippen LogP contribution in [-0.4, -0.2) is 0 Å². The smallest absolute Gasteiger partial charge is 0.165 e. The van der Waals surface area contributed by atoms with E-state index >= 15 is 0 Å². The molecule has 0 spiro atoms. The monoisotopic (exact) mass is 329 g/mol. The van der Waals surface area contributed by atoms with Crippen LogP contribution in [0.15, 0.2) is 78.9 Å². The molecule has 3 aromatic rings. The summed E-state index contributed by atoms with van der Waals surface area (Å²) in [5.41, 5.74) is 2.99. The Bertz CT molecular complexity index is 839. The van der Waals surface area contributed by atoms with Gasteiger partial charge in [0, 0.05) is 5.56 Å². The minimum absolute atomic E-state index is 0.284. The Morgan fingerprint density at radius 3 is 1.88 bits per heavy atom. The predicted molar refractivity (Wildman–Crippen MR) is 97.3 cm³/mol. The van der Waals surface area contributed by atoms with E-state index < -0.39 is 0 Å². The van der Waals surface area contributed by atoms with Gasteiger partial charge in [0.15, 0.2) is 11.5 Å². The molecule has 0 aliphatic rings. The molecule has 0 aliphatic heterocycles. The van der Waals surface area contributed by atoms with Gasteiger partial charge < -0.3 is 9.47 Å². The summed E-state index contributed by atoms with van der Waals surface area (Å²) in [6, 6.07) is 27.8. The zero-order valence-corrected chi connectivity index (χ0v) is 13.9. The Hall–Kier alpha value is -3.25. The Balaban J connectivity index is 1.79. The number of rotatable bonds is 7. The van der Waals surface area contributed by atoms with Gasteiger partial charge in [-0.3, -0.25) is 0 Å². The van der Waals surface area contributed by atoms with Crippen LogP contribution in [0.5, 0.6) is 11.5 Å². The highest BCUT2D eigenvalue weighted by Crippen LogP contribution is 2.33. The summed E-state index contributed by atoms with van der Waals surface area (Å²) in [7, 11) is 0. The zero-order chi connectivity index (χ0) is 17.3. The molecule has 0 saturated carbocycles. The summed E-state index contributed by atoms with van der Waals surface area (Å²) in [5, 5.41) is 9.08. The summed E-state index contributed by atoms with van der Waals surface area (Å²) < 4.78 is 12.0. The summed E-state index contributed by atoms with van der Waals surface area (Å²) in [5.74, 6) is 1.30. The maximum Gasteiger partial charge on any atom is 0.165 e. The Morgan fingerprint density at radius 1 is 0.680 bits per heavy atom. The van der Waals surface area contributed by atoms with E-state index in [1.807, 2.05) is 78.9 Å². The fraction of sp³-hybridized carbons (Fsp3) is 0.136. The number of nitrogens with zero attached hydrogens (tertiary/aromatic N) is 1. The van der Waals surface area contributed by atoms with Crippen LogP contribution < -0.4 is 9.47 Å². The maximum atomic E-state index is 9.08. The van der Waals surface area contributed by atoms with Gasteiger partial charge in [-0.05, 0) is 17.2 Å². The summed E-state index contributed by atoms with van der Waals surface area (Å²) >= 11 is 0. The molecule has 0 N–H and O–H groups in total. The second kappa shape index (κ2) is 8.56. The van der Waals surface area contributed by atoms with E-state index in [-0.39, 0.29) is 6.42 Å². The van der Waals surface area contributed by atoms with Crippen molar-refractivity contribution >= 4 is 0 Å². The lowest BCUT2D eigenvalue weighted by atomic mass is 10.1. The van der Waals surface area contributed by atoms with E-state index in [0.29, 0.717) is 24.7 Å². The van der Waals surface area contributed by atoms with Gasteiger partial charge >= 0.3 is 0 Å². The molecule has 3 nitrogen and oxygen atoms in total. The first-order valence-electron chi connectivity index (χ1n) is 8.19. The van der Waals surface area contributed by atoms with Crippen molar-refractivity contribution in [1.82, 2.24) is 0 Å². The second-order valence-electron chi connectivity index (χ2n) is 5.63. The summed E-state index contributed by atoms with van der Waals surface area (Å²) in [6.07, 6.45) is 0.284. The standard InChI is InChI=1S/C22H19NO2/c23-15-14-20-12-7-13-21(24-16-18-8-3-1-4-9-18)22(20)25-17-19-10-5-2-6-11-19/h1-13H,14,16-17H2. The molecule has 0 bridgehead atoms. The van der Waals surface area contributed by atoms with Crippen LogP contribution in [-0.2, 0) is 19.6 Å². The molecule has 3 aromatic carbocycles. The van der Waals surface area contributed by atoms with Crippen LogP contribution >= 0.6 is 0 Å². The molecule has 0 unspecified atom stereocenters. The molecule has 25 heavy (non-hydrogen) atoms. The van der Waals surface area contributed by atoms with Gasteiger partial charge in [0.1, 0.15) is 13.2 Å². The van der Waals surface area contributed by atoms with Crippen molar-refractivity contribution in [2.45, 2.75) is 19.6 Å². The molecule has 0 atom stereocenters. The van der Waals surface area contributed by atoms with Crippen LogP contribution in [0.2, 0.25) is 0 Å². The number of hydrogen-bond donors (Lipinski definition) is 0. The molecule has 3 rings (SSSR count). The third kappa shape index (κ3) is 4.62. The van der Waals surface area contributed by atoms with E-state index in [9.17, 15) is 0 Å². The van der Waals surface area contributed by atoms with Crippen LogP contribution in [0.25, 0.3) is 0 Å². The molecular formula is C22H19NO2. The van der Waals surface area contributed by atoms with Gasteiger partial charge in [-0.1, -0.05) is 72.8 Å². The largest absolute Gasteiger partial charge is 0.485 e. The van der Waals surface area contributed by atoms with Crippen molar-refractivity contribution in [1.29, 1.82) is 5.26 Å². The number of benzene rings is 3. The van der Waals surface area contributed by atoms with Crippen LogP contribution in [0.4, 0.5) is 0 Å². The Kier molecular flexibility index (Phi) is 5.68. The van der Waals surface area contributed by atoms with Gasteiger partial charge in [-0.25, -0.2) is 0 Å². The molecule has 124 valence electrons. The van der Waals surface area contributed by atoms with Gasteiger partial charge in [-0.2, -0.15) is 5.26 Å². The van der Waals surface area contributed by atoms with Gasteiger partial charge in [0.05, 0.1) is 12.5 Å². The first kappa shape index (κ1) is 16.6. The molecule has 0 aromatic heterocycles. The van der Waals surface area contributed by atoms with Crippen molar-refractivity contribution in [3.05, 3.63) is 95.6 Å². The fourth-order valence-electron chi connectivity index (χ4n) is 2.53. The Labute approximate surface area is 148 Å². The van der Waals surface area contributed by atoms with Crippen molar-refractivity contribution in [2.75, 3.05) is 0 Å². The maximum absolute atomic E-state index is 9.08. The van der Waals surface area contributed by atoms with Crippen LogP contribution in [0.1, 0.15) is 16.7 Å². The number of para-hydroxylation sites is 1. The predicted octanol–water partition coefficient (Wildman–Crippen LogP) is 4.91. The average molecular weight is 329 g/mol. The van der Waals surface area contributed by atoms with E-state index in [0.717, 1.165) is 16.7 Å². The lowest BCUT2D eigenvalue weighted by molar-refractivity contribution is 0.254. The lowest BCUT2D eigenvalue weighted by Gasteiger charge is -2.15. The molecule has 0 heterocycles. The highest BCUT2D eigenvalue weighted by atomic mass is 16.5. The quantitative estimate of drug-likeness (QED) is 0.618. The summed E-state index contributed by atoms with van der Waals surface area (Å²) in [6.45, 7) is 0.892. The van der Waals surface area contributed by atoms with Crippen molar-refractivity contribution in [2.24, 2.45) is 0 Å². The first-order chi connectivity index (χ1) is 12.4. The molecule has 3 heteroatoms. The number of nitriles is 1. The molecule has 0 radical (unpaired) electrons. The second-order valence-corrected chi connectivity index (χ2v) is 5.63.